The molecule has 2 rings (SSSR count). The third-order valence-corrected chi connectivity index (χ3v) is 3.05. The molecule has 1 aromatic rings. The van der Waals surface area contributed by atoms with Gasteiger partial charge < -0.3 is 14.7 Å². The Morgan fingerprint density at radius 3 is 3.11 bits per heavy atom. The number of hydrogen-bond acceptors (Lipinski definition) is 3. The van der Waals surface area contributed by atoms with Crippen molar-refractivity contribution in [2.75, 3.05) is 26.3 Å². The van der Waals surface area contributed by atoms with Gasteiger partial charge in [-0.2, -0.15) is 0 Å². The highest BCUT2D eigenvalue weighted by molar-refractivity contribution is 5.94. The number of aryl methyl sites for hydroxylation is 1. The van der Waals surface area contributed by atoms with Gasteiger partial charge >= 0.3 is 0 Å². The van der Waals surface area contributed by atoms with Crippen LogP contribution in [-0.2, 0) is 4.74 Å². The van der Waals surface area contributed by atoms with Gasteiger partial charge in [0.2, 0.25) is 0 Å². The van der Waals surface area contributed by atoms with Crippen molar-refractivity contribution in [1.29, 1.82) is 0 Å². The van der Waals surface area contributed by atoms with E-state index in [4.69, 9.17) is 9.84 Å². The molecule has 0 radical (unpaired) electrons. The average molecular weight is 253 g/mol. The fourth-order valence-electron chi connectivity index (χ4n) is 2.00. The minimum Gasteiger partial charge on any atom is -0.394 e. The Hall–Kier alpha value is -1.46. The second-order valence-corrected chi connectivity index (χ2v) is 4.36. The highest BCUT2D eigenvalue weighted by Crippen LogP contribution is 2.16. The predicted octanol–water partition coefficient (Wildman–Crippen LogP) is 0.967. The SMILES string of the molecule is Cc1cccc(C(=O)N2CCOC(CO)C2)c1F. The van der Waals surface area contributed by atoms with Gasteiger partial charge in [-0.15, -0.1) is 0 Å². The Kier molecular flexibility index (Phi) is 3.93. The summed E-state index contributed by atoms with van der Waals surface area (Å²) in [6.07, 6.45) is -0.379. The lowest BCUT2D eigenvalue weighted by molar-refractivity contribution is -0.0448. The van der Waals surface area contributed by atoms with E-state index in [1.807, 2.05) is 0 Å². The van der Waals surface area contributed by atoms with Gasteiger partial charge in [-0.05, 0) is 18.6 Å². The summed E-state index contributed by atoms with van der Waals surface area (Å²) >= 11 is 0. The molecule has 4 nitrogen and oxygen atoms in total. The molecule has 1 unspecified atom stereocenters. The largest absolute Gasteiger partial charge is 0.394 e. The molecule has 5 heteroatoms. The van der Waals surface area contributed by atoms with Crippen molar-refractivity contribution >= 4 is 5.91 Å². The molecule has 0 aliphatic carbocycles. The van der Waals surface area contributed by atoms with E-state index in [0.717, 1.165) is 0 Å². The topological polar surface area (TPSA) is 49.8 Å². The predicted molar refractivity (Wildman–Crippen MR) is 63.9 cm³/mol. The minimum atomic E-state index is -0.477. The number of ether oxygens (including phenoxy) is 1. The van der Waals surface area contributed by atoms with Crippen LogP contribution in [0.15, 0.2) is 18.2 Å². The Labute approximate surface area is 105 Å². The van der Waals surface area contributed by atoms with Gasteiger partial charge in [-0.1, -0.05) is 12.1 Å². The summed E-state index contributed by atoms with van der Waals surface area (Å²) in [6.45, 7) is 2.57. The lowest BCUT2D eigenvalue weighted by Crippen LogP contribution is -2.47. The number of hydrogen-bond donors (Lipinski definition) is 1. The van der Waals surface area contributed by atoms with Crippen molar-refractivity contribution in [3.63, 3.8) is 0 Å². The molecule has 1 fully saturated rings. The van der Waals surface area contributed by atoms with Crippen LogP contribution in [-0.4, -0.2) is 48.3 Å². The maximum Gasteiger partial charge on any atom is 0.257 e. The highest BCUT2D eigenvalue weighted by atomic mass is 19.1. The van der Waals surface area contributed by atoms with Crippen molar-refractivity contribution in [2.24, 2.45) is 0 Å². The maximum absolute atomic E-state index is 13.9. The van der Waals surface area contributed by atoms with E-state index in [2.05, 4.69) is 0 Å². The quantitative estimate of drug-likeness (QED) is 0.854. The second kappa shape index (κ2) is 5.46. The van der Waals surface area contributed by atoms with Gasteiger partial charge in [0.05, 0.1) is 24.9 Å². The first kappa shape index (κ1) is 13.0. The average Bonchev–Trinajstić information content (AvgIpc) is 2.41. The molecule has 1 amide bonds. The summed E-state index contributed by atoms with van der Waals surface area (Å²) in [6, 6.07) is 4.77. The zero-order valence-corrected chi connectivity index (χ0v) is 10.2. The van der Waals surface area contributed by atoms with Crippen LogP contribution in [0.3, 0.4) is 0 Å². The Balaban J connectivity index is 2.18. The van der Waals surface area contributed by atoms with Crippen LogP contribution < -0.4 is 0 Å². The van der Waals surface area contributed by atoms with Crippen molar-refractivity contribution in [1.82, 2.24) is 4.90 Å². The number of morpholine rings is 1. The molecule has 0 saturated carbocycles. The van der Waals surface area contributed by atoms with Gasteiger partial charge in [0.15, 0.2) is 0 Å². The number of aliphatic hydroxyl groups is 1. The Bertz CT molecular complexity index is 450. The molecule has 1 aliphatic rings. The molecule has 0 bridgehead atoms. The number of carbonyl (C=O) groups is 1. The number of halogens is 1. The van der Waals surface area contributed by atoms with E-state index in [9.17, 15) is 9.18 Å². The number of carbonyl (C=O) groups excluding carboxylic acids is 1. The molecular formula is C13H16FNO3. The zero-order valence-electron chi connectivity index (χ0n) is 10.2. The first-order valence-corrected chi connectivity index (χ1v) is 5.90. The van der Waals surface area contributed by atoms with E-state index in [1.54, 1.807) is 19.1 Å². The first-order chi connectivity index (χ1) is 8.63. The summed E-state index contributed by atoms with van der Waals surface area (Å²) in [5.41, 5.74) is 0.529. The lowest BCUT2D eigenvalue weighted by atomic mass is 10.1. The van der Waals surface area contributed by atoms with Crippen molar-refractivity contribution < 1.29 is 19.0 Å². The monoisotopic (exact) mass is 253 g/mol. The molecular weight excluding hydrogens is 237 g/mol. The number of aliphatic hydroxyl groups excluding tert-OH is 1. The third kappa shape index (κ3) is 2.52. The summed E-state index contributed by atoms with van der Waals surface area (Å²) in [7, 11) is 0. The highest BCUT2D eigenvalue weighted by Gasteiger charge is 2.26. The van der Waals surface area contributed by atoms with Crippen molar-refractivity contribution in [2.45, 2.75) is 13.0 Å². The third-order valence-electron chi connectivity index (χ3n) is 3.05. The molecule has 0 spiro atoms. The van der Waals surface area contributed by atoms with Crippen LogP contribution in [0.2, 0.25) is 0 Å². The first-order valence-electron chi connectivity index (χ1n) is 5.90. The maximum atomic E-state index is 13.9. The Morgan fingerprint density at radius 2 is 2.39 bits per heavy atom. The smallest absolute Gasteiger partial charge is 0.257 e. The van der Waals surface area contributed by atoms with Crippen LogP contribution in [0.25, 0.3) is 0 Å². The van der Waals surface area contributed by atoms with E-state index in [-0.39, 0.29) is 24.2 Å². The van der Waals surface area contributed by atoms with E-state index >= 15 is 0 Å². The van der Waals surface area contributed by atoms with E-state index < -0.39 is 5.82 Å². The molecule has 18 heavy (non-hydrogen) atoms. The molecule has 1 atom stereocenters. The number of amides is 1. The fraction of sp³-hybridized carbons (Fsp3) is 0.462. The number of nitrogens with zero attached hydrogens (tertiary/aromatic N) is 1. The summed E-state index contributed by atoms with van der Waals surface area (Å²) in [5.74, 6) is -0.826. The minimum absolute atomic E-state index is 0.0774. The van der Waals surface area contributed by atoms with Crippen molar-refractivity contribution in [3.8, 4) is 0 Å². The Morgan fingerprint density at radius 1 is 1.61 bits per heavy atom. The molecule has 1 saturated heterocycles. The van der Waals surface area contributed by atoms with Crippen LogP contribution in [0.4, 0.5) is 4.39 Å². The standard InChI is InChI=1S/C13H16FNO3/c1-9-3-2-4-11(12(9)14)13(17)15-5-6-18-10(7-15)8-16/h2-4,10,16H,5-8H2,1H3. The molecule has 98 valence electrons. The van der Waals surface area contributed by atoms with Gasteiger partial charge in [-0.25, -0.2) is 4.39 Å². The fourth-order valence-corrected chi connectivity index (χ4v) is 2.00. The van der Waals surface area contributed by atoms with Crippen molar-refractivity contribution in [3.05, 3.63) is 35.1 Å². The second-order valence-electron chi connectivity index (χ2n) is 4.36. The summed E-state index contributed by atoms with van der Waals surface area (Å²) in [4.78, 5) is 13.7. The lowest BCUT2D eigenvalue weighted by Gasteiger charge is -2.32. The number of benzene rings is 1. The summed E-state index contributed by atoms with van der Waals surface area (Å²) < 4.78 is 19.1. The summed E-state index contributed by atoms with van der Waals surface area (Å²) in [5, 5.41) is 9.02. The van der Waals surface area contributed by atoms with E-state index in [1.165, 1.54) is 11.0 Å². The van der Waals surface area contributed by atoms with Crippen LogP contribution in [0.1, 0.15) is 15.9 Å². The molecule has 1 aliphatic heterocycles. The van der Waals surface area contributed by atoms with Crippen LogP contribution >= 0.6 is 0 Å². The normalized spacial score (nSPS) is 19.9. The molecule has 0 aromatic heterocycles. The molecule has 1 aromatic carbocycles. The molecule has 1 heterocycles. The zero-order chi connectivity index (χ0) is 13.1. The number of rotatable bonds is 2. The van der Waals surface area contributed by atoms with Crippen LogP contribution in [0.5, 0.6) is 0 Å². The van der Waals surface area contributed by atoms with E-state index in [0.29, 0.717) is 25.3 Å². The van der Waals surface area contributed by atoms with Gasteiger partial charge in [0.1, 0.15) is 5.82 Å². The van der Waals surface area contributed by atoms with Gasteiger partial charge in [-0.3, -0.25) is 4.79 Å². The van der Waals surface area contributed by atoms with Crippen LogP contribution in [0, 0.1) is 12.7 Å². The van der Waals surface area contributed by atoms with Gasteiger partial charge in [0.25, 0.3) is 5.91 Å². The molecule has 1 N–H and O–H groups in total. The van der Waals surface area contributed by atoms with Gasteiger partial charge in [0, 0.05) is 13.1 Å².